The molecule has 0 saturated heterocycles. The van der Waals surface area contributed by atoms with Gasteiger partial charge in [-0.1, -0.05) is 36.7 Å². The van der Waals surface area contributed by atoms with E-state index in [2.05, 4.69) is 5.32 Å². The summed E-state index contributed by atoms with van der Waals surface area (Å²) in [5.74, 6) is -0.410. The zero-order valence-electron chi connectivity index (χ0n) is 15.0. The van der Waals surface area contributed by atoms with E-state index in [1.54, 1.807) is 18.3 Å². The number of nitrogens with one attached hydrogen (secondary N) is 1. The van der Waals surface area contributed by atoms with Gasteiger partial charge in [0.05, 0.1) is 5.52 Å². The number of halogens is 1. The lowest BCUT2D eigenvalue weighted by molar-refractivity contribution is 0.102. The molecule has 0 spiro atoms. The van der Waals surface area contributed by atoms with Crippen LogP contribution in [0.5, 0.6) is 0 Å². The third kappa shape index (κ3) is 3.37. The van der Waals surface area contributed by atoms with E-state index in [-0.39, 0.29) is 17.0 Å². The number of aryl methyl sites for hydroxylation is 1. The molecule has 5 heteroatoms. The van der Waals surface area contributed by atoms with E-state index in [1.807, 2.05) is 55.7 Å². The Morgan fingerprint density at radius 1 is 1.19 bits per heavy atom. The largest absolute Gasteiger partial charge is 0.344 e. The molecular weight excluding hydrogens is 348 g/mol. The summed E-state index contributed by atoms with van der Waals surface area (Å²) in [5, 5.41) is 3.80. The van der Waals surface area contributed by atoms with Crippen LogP contribution in [-0.4, -0.2) is 10.5 Å². The van der Waals surface area contributed by atoms with E-state index in [9.17, 15) is 9.59 Å². The molecule has 1 N–H and O–H groups in total. The van der Waals surface area contributed by atoms with Crippen LogP contribution in [0.2, 0.25) is 5.02 Å². The lowest BCUT2D eigenvalue weighted by Gasteiger charge is -2.17. The highest BCUT2D eigenvalue weighted by atomic mass is 35.5. The molecule has 0 aliphatic rings. The Bertz CT molecular complexity index is 1040. The Balaban J connectivity index is 2.13. The van der Waals surface area contributed by atoms with E-state index in [0.717, 1.165) is 23.2 Å². The highest BCUT2D eigenvalue weighted by Crippen LogP contribution is 2.22. The molecule has 134 valence electrons. The van der Waals surface area contributed by atoms with Gasteiger partial charge in [0.25, 0.3) is 5.91 Å². The minimum Gasteiger partial charge on any atom is -0.344 e. The summed E-state index contributed by atoms with van der Waals surface area (Å²) in [7, 11) is 0. The smallest absolute Gasteiger partial charge is 0.261 e. The van der Waals surface area contributed by atoms with Crippen molar-refractivity contribution >= 4 is 34.1 Å². The average Bonchev–Trinajstić information content (AvgIpc) is 2.62. The van der Waals surface area contributed by atoms with Crippen molar-refractivity contribution in [1.29, 1.82) is 0 Å². The molecule has 0 bridgehead atoms. The molecule has 1 heterocycles. The number of aromatic nitrogens is 1. The second-order valence-electron chi connectivity index (χ2n) is 6.50. The number of benzene rings is 2. The van der Waals surface area contributed by atoms with Gasteiger partial charge in [-0.25, -0.2) is 0 Å². The van der Waals surface area contributed by atoms with Gasteiger partial charge < -0.3 is 9.88 Å². The monoisotopic (exact) mass is 368 g/mol. The Labute approximate surface area is 157 Å². The van der Waals surface area contributed by atoms with E-state index in [1.165, 1.54) is 0 Å². The predicted octanol–water partition coefficient (Wildman–Crippen LogP) is 5.05. The number of pyridine rings is 1. The lowest BCUT2D eigenvalue weighted by atomic mass is 10.1. The Morgan fingerprint density at radius 2 is 1.92 bits per heavy atom. The molecule has 1 amide bonds. The number of fused-ring (bicyclic) bond motifs is 1. The molecule has 0 unspecified atom stereocenters. The van der Waals surface area contributed by atoms with Crippen LogP contribution in [0.3, 0.4) is 0 Å². The molecule has 0 aliphatic heterocycles. The minimum absolute atomic E-state index is 0.0914. The number of carbonyl (C=O) groups is 1. The van der Waals surface area contributed by atoms with Gasteiger partial charge in [0, 0.05) is 28.3 Å². The third-order valence-corrected chi connectivity index (χ3v) is 4.68. The van der Waals surface area contributed by atoms with Crippen molar-refractivity contribution in [3.05, 3.63) is 75.0 Å². The van der Waals surface area contributed by atoms with Crippen molar-refractivity contribution in [2.75, 3.05) is 5.32 Å². The summed E-state index contributed by atoms with van der Waals surface area (Å²) < 4.78 is 1.92. The Hall–Kier alpha value is -2.59. The molecule has 0 fully saturated rings. The maximum Gasteiger partial charge on any atom is 0.261 e. The molecule has 2 aromatic carbocycles. The van der Waals surface area contributed by atoms with Gasteiger partial charge in [0.15, 0.2) is 0 Å². The van der Waals surface area contributed by atoms with E-state index >= 15 is 0 Å². The first kappa shape index (κ1) is 18.2. The highest BCUT2D eigenvalue weighted by Gasteiger charge is 2.17. The van der Waals surface area contributed by atoms with Crippen LogP contribution in [0, 0.1) is 0 Å². The first-order valence-corrected chi connectivity index (χ1v) is 9.03. The van der Waals surface area contributed by atoms with Gasteiger partial charge in [0.1, 0.15) is 5.56 Å². The maximum absolute atomic E-state index is 12.9. The highest BCUT2D eigenvalue weighted by molar-refractivity contribution is 6.31. The summed E-state index contributed by atoms with van der Waals surface area (Å²) in [6.45, 7) is 6.04. The van der Waals surface area contributed by atoms with Crippen LogP contribution < -0.4 is 10.7 Å². The first-order valence-electron chi connectivity index (χ1n) is 8.66. The van der Waals surface area contributed by atoms with Crippen LogP contribution in [0.25, 0.3) is 10.9 Å². The van der Waals surface area contributed by atoms with Gasteiger partial charge in [-0.15, -0.1) is 0 Å². The second kappa shape index (κ2) is 7.34. The fraction of sp³-hybridized carbons (Fsp3) is 0.238. The van der Waals surface area contributed by atoms with Crippen molar-refractivity contribution < 1.29 is 4.79 Å². The maximum atomic E-state index is 12.9. The Kier molecular flexibility index (Phi) is 5.14. The molecule has 0 radical (unpaired) electrons. The van der Waals surface area contributed by atoms with Crippen molar-refractivity contribution in [2.45, 2.75) is 33.2 Å². The number of hydrogen-bond acceptors (Lipinski definition) is 2. The van der Waals surface area contributed by atoms with Gasteiger partial charge in [-0.3, -0.25) is 9.59 Å². The molecule has 0 atom stereocenters. The molecular formula is C21H21ClN2O2. The Morgan fingerprint density at radius 3 is 2.62 bits per heavy atom. The van der Waals surface area contributed by atoms with Crippen molar-refractivity contribution in [3.8, 4) is 0 Å². The summed E-state index contributed by atoms with van der Waals surface area (Å²) >= 11 is 6.08. The van der Waals surface area contributed by atoms with Crippen molar-refractivity contribution in [2.24, 2.45) is 0 Å². The molecule has 0 saturated carbocycles. The summed E-state index contributed by atoms with van der Waals surface area (Å²) in [4.78, 5) is 25.8. The van der Waals surface area contributed by atoms with Crippen LogP contribution in [-0.2, 0) is 6.42 Å². The molecule has 0 aliphatic carbocycles. The molecule has 4 nitrogen and oxygen atoms in total. The fourth-order valence-corrected chi connectivity index (χ4v) is 3.23. The quantitative estimate of drug-likeness (QED) is 0.700. The van der Waals surface area contributed by atoms with E-state index in [4.69, 9.17) is 11.6 Å². The first-order chi connectivity index (χ1) is 12.4. The third-order valence-electron chi connectivity index (χ3n) is 4.44. The van der Waals surface area contributed by atoms with Crippen molar-refractivity contribution in [1.82, 2.24) is 4.57 Å². The molecule has 3 aromatic rings. The van der Waals surface area contributed by atoms with Crippen molar-refractivity contribution in [3.63, 3.8) is 0 Å². The predicted molar refractivity (Wildman–Crippen MR) is 107 cm³/mol. The normalized spacial score (nSPS) is 11.1. The van der Waals surface area contributed by atoms with E-state index in [0.29, 0.717) is 10.4 Å². The number of para-hydroxylation sites is 1. The standard InChI is InChI=1S/C21H21ClN2O2/c1-4-14-7-5-6-8-18(14)23-21(26)17-12-24(13(2)3)19-10-9-15(22)11-16(19)20(17)25/h5-13H,4H2,1-3H3,(H,23,26). The topological polar surface area (TPSA) is 51.1 Å². The summed E-state index contributed by atoms with van der Waals surface area (Å²) in [6.07, 6.45) is 2.42. The lowest BCUT2D eigenvalue weighted by Crippen LogP contribution is -2.24. The zero-order valence-corrected chi connectivity index (χ0v) is 15.8. The number of amides is 1. The van der Waals surface area contributed by atoms with Gasteiger partial charge >= 0.3 is 0 Å². The van der Waals surface area contributed by atoms with Crippen LogP contribution in [0.15, 0.2) is 53.5 Å². The number of rotatable bonds is 4. The van der Waals surface area contributed by atoms with Gasteiger partial charge in [0.2, 0.25) is 5.43 Å². The number of nitrogens with zero attached hydrogens (tertiary/aromatic N) is 1. The minimum atomic E-state index is -0.410. The summed E-state index contributed by atoms with van der Waals surface area (Å²) in [5.41, 5.74) is 2.31. The summed E-state index contributed by atoms with van der Waals surface area (Å²) in [6, 6.07) is 12.9. The van der Waals surface area contributed by atoms with Crippen LogP contribution in [0.4, 0.5) is 5.69 Å². The number of anilines is 1. The van der Waals surface area contributed by atoms with E-state index < -0.39 is 5.91 Å². The second-order valence-corrected chi connectivity index (χ2v) is 6.94. The SMILES string of the molecule is CCc1ccccc1NC(=O)c1cn(C(C)C)c2ccc(Cl)cc2c1=O. The number of hydrogen-bond donors (Lipinski definition) is 1. The zero-order chi connectivity index (χ0) is 18.8. The molecule has 26 heavy (non-hydrogen) atoms. The molecule has 1 aromatic heterocycles. The number of carbonyl (C=O) groups excluding carboxylic acids is 1. The van der Waals surface area contributed by atoms with Gasteiger partial charge in [-0.05, 0) is 50.1 Å². The molecule has 3 rings (SSSR count). The fourth-order valence-electron chi connectivity index (χ4n) is 3.06. The van der Waals surface area contributed by atoms with Crippen LogP contribution in [0.1, 0.15) is 42.7 Å². The average molecular weight is 369 g/mol. The van der Waals surface area contributed by atoms with Crippen LogP contribution >= 0.6 is 11.6 Å². The van der Waals surface area contributed by atoms with Gasteiger partial charge in [-0.2, -0.15) is 0 Å².